The molecule has 0 saturated heterocycles. The van der Waals surface area contributed by atoms with Crippen molar-refractivity contribution in [2.45, 2.75) is 33.9 Å². The van der Waals surface area contributed by atoms with Gasteiger partial charge in [-0.05, 0) is 49.6 Å². The Morgan fingerprint density at radius 3 is 2.70 bits per heavy atom. The molecule has 0 aliphatic carbocycles. The lowest BCUT2D eigenvalue weighted by molar-refractivity contribution is 0.101. The van der Waals surface area contributed by atoms with Crippen molar-refractivity contribution in [3.8, 4) is 5.75 Å². The maximum Gasteiger partial charge on any atom is 0.280 e. The minimum absolute atomic E-state index is 0.0838. The molecule has 0 radical (unpaired) electrons. The van der Waals surface area contributed by atoms with E-state index in [2.05, 4.69) is 20.6 Å². The fourth-order valence-corrected chi connectivity index (χ4v) is 3.55. The van der Waals surface area contributed by atoms with E-state index in [4.69, 9.17) is 20.9 Å². The summed E-state index contributed by atoms with van der Waals surface area (Å²) in [5.74, 6) is 0.376. The van der Waals surface area contributed by atoms with Crippen LogP contribution in [0.25, 0.3) is 0 Å². The number of hydrogen-bond acceptors (Lipinski definition) is 6. The van der Waals surface area contributed by atoms with Gasteiger partial charge >= 0.3 is 0 Å². The Kier molecular flexibility index (Phi) is 6.41. The van der Waals surface area contributed by atoms with Crippen molar-refractivity contribution in [1.29, 1.82) is 0 Å². The number of rotatable bonds is 7. The molecule has 1 amide bonds. The highest BCUT2D eigenvalue weighted by Gasteiger charge is 2.22. The van der Waals surface area contributed by atoms with Crippen LogP contribution in [-0.2, 0) is 13.2 Å². The van der Waals surface area contributed by atoms with Gasteiger partial charge in [-0.3, -0.25) is 10.1 Å². The Balaban J connectivity index is 1.45. The Morgan fingerprint density at radius 2 is 1.97 bits per heavy atom. The molecule has 0 bridgehead atoms. The quantitative estimate of drug-likeness (QED) is 0.415. The number of nitrogens with one attached hydrogen (secondary N) is 1. The zero-order valence-electron chi connectivity index (χ0n) is 18.2. The van der Waals surface area contributed by atoms with Gasteiger partial charge in [0.05, 0.1) is 12.1 Å². The number of halogens is 2. The summed E-state index contributed by atoms with van der Waals surface area (Å²) in [6, 6.07) is 9.98. The lowest BCUT2D eigenvalue weighted by Gasteiger charge is -2.11. The topological polar surface area (TPSA) is 95.1 Å². The van der Waals surface area contributed by atoms with E-state index in [0.717, 1.165) is 16.9 Å². The SMILES string of the molecule is Cc1cccc(C)c1OCc1c(C(=O)Nc2ncn(Cc3ccc(F)cc3Cl)n2)noc1C. The fourth-order valence-electron chi connectivity index (χ4n) is 3.32. The average molecular weight is 470 g/mol. The van der Waals surface area contributed by atoms with Crippen LogP contribution in [0.1, 0.15) is 38.5 Å². The van der Waals surface area contributed by atoms with Gasteiger partial charge in [-0.25, -0.2) is 14.1 Å². The van der Waals surface area contributed by atoms with Gasteiger partial charge in [0.1, 0.15) is 30.3 Å². The first-order chi connectivity index (χ1) is 15.8. The van der Waals surface area contributed by atoms with Gasteiger partial charge in [-0.15, -0.1) is 5.10 Å². The molecule has 0 aliphatic rings. The van der Waals surface area contributed by atoms with Crippen molar-refractivity contribution < 1.29 is 18.4 Å². The highest BCUT2D eigenvalue weighted by atomic mass is 35.5. The highest BCUT2D eigenvalue weighted by Crippen LogP contribution is 2.25. The first kappa shape index (κ1) is 22.5. The van der Waals surface area contributed by atoms with E-state index in [-0.39, 0.29) is 29.8 Å². The van der Waals surface area contributed by atoms with E-state index in [0.29, 0.717) is 16.9 Å². The van der Waals surface area contributed by atoms with Gasteiger partial charge in [-0.2, -0.15) is 0 Å². The summed E-state index contributed by atoms with van der Waals surface area (Å²) in [5.41, 5.74) is 3.28. The summed E-state index contributed by atoms with van der Waals surface area (Å²) >= 11 is 6.06. The zero-order valence-corrected chi connectivity index (χ0v) is 19.0. The predicted octanol–water partition coefficient (Wildman–Crippen LogP) is 4.86. The molecule has 33 heavy (non-hydrogen) atoms. The predicted molar refractivity (Wildman–Crippen MR) is 120 cm³/mol. The van der Waals surface area contributed by atoms with Gasteiger partial charge in [0, 0.05) is 5.02 Å². The summed E-state index contributed by atoms with van der Waals surface area (Å²) in [6.07, 6.45) is 1.44. The first-order valence-electron chi connectivity index (χ1n) is 10.1. The maximum atomic E-state index is 13.2. The van der Waals surface area contributed by atoms with Crippen LogP contribution in [0.3, 0.4) is 0 Å². The molecule has 0 saturated carbocycles. The normalized spacial score (nSPS) is 10.9. The highest BCUT2D eigenvalue weighted by molar-refractivity contribution is 6.31. The third kappa shape index (κ3) is 5.04. The summed E-state index contributed by atoms with van der Waals surface area (Å²) in [4.78, 5) is 16.9. The third-order valence-corrected chi connectivity index (χ3v) is 5.43. The van der Waals surface area contributed by atoms with Crippen molar-refractivity contribution in [1.82, 2.24) is 19.9 Å². The van der Waals surface area contributed by atoms with Crippen LogP contribution in [0.5, 0.6) is 5.75 Å². The summed E-state index contributed by atoms with van der Waals surface area (Å²) in [7, 11) is 0. The Bertz CT molecular complexity index is 1300. The molecular weight excluding hydrogens is 449 g/mol. The van der Waals surface area contributed by atoms with Crippen LogP contribution in [0.4, 0.5) is 10.3 Å². The van der Waals surface area contributed by atoms with Crippen LogP contribution in [-0.4, -0.2) is 25.8 Å². The van der Waals surface area contributed by atoms with Gasteiger partial charge in [0.25, 0.3) is 5.91 Å². The second kappa shape index (κ2) is 9.41. The monoisotopic (exact) mass is 469 g/mol. The second-order valence-electron chi connectivity index (χ2n) is 7.53. The van der Waals surface area contributed by atoms with E-state index in [1.54, 1.807) is 13.0 Å². The number of carbonyl (C=O) groups is 1. The smallest absolute Gasteiger partial charge is 0.280 e. The van der Waals surface area contributed by atoms with Crippen LogP contribution >= 0.6 is 11.6 Å². The molecule has 0 atom stereocenters. The van der Waals surface area contributed by atoms with Crippen molar-refractivity contribution in [2.75, 3.05) is 5.32 Å². The number of carbonyl (C=O) groups excluding carboxylic acids is 1. The lowest BCUT2D eigenvalue weighted by Crippen LogP contribution is -2.17. The molecule has 2 aromatic carbocycles. The second-order valence-corrected chi connectivity index (χ2v) is 7.94. The number of aryl methyl sites for hydroxylation is 3. The van der Waals surface area contributed by atoms with Gasteiger partial charge < -0.3 is 9.26 Å². The lowest BCUT2D eigenvalue weighted by atomic mass is 10.1. The van der Waals surface area contributed by atoms with E-state index >= 15 is 0 Å². The first-order valence-corrected chi connectivity index (χ1v) is 10.5. The minimum Gasteiger partial charge on any atom is -0.488 e. The van der Waals surface area contributed by atoms with Crippen LogP contribution < -0.4 is 10.1 Å². The molecule has 0 fully saturated rings. The molecular formula is C23H21ClFN5O3. The van der Waals surface area contributed by atoms with Crippen LogP contribution in [0.15, 0.2) is 47.2 Å². The van der Waals surface area contributed by atoms with Crippen LogP contribution in [0.2, 0.25) is 5.02 Å². The molecule has 2 heterocycles. The molecule has 4 aromatic rings. The summed E-state index contributed by atoms with van der Waals surface area (Å²) in [6.45, 7) is 6.01. The summed E-state index contributed by atoms with van der Waals surface area (Å²) in [5, 5.41) is 11.0. The largest absolute Gasteiger partial charge is 0.488 e. The number of ether oxygens (including phenoxy) is 1. The molecule has 170 valence electrons. The molecule has 0 unspecified atom stereocenters. The van der Waals surface area contributed by atoms with Gasteiger partial charge in [0.2, 0.25) is 5.95 Å². The van der Waals surface area contributed by atoms with Gasteiger partial charge in [-0.1, -0.05) is 41.0 Å². The number of aromatic nitrogens is 4. The molecule has 0 spiro atoms. The number of hydrogen-bond donors (Lipinski definition) is 1. The molecule has 10 heteroatoms. The number of amides is 1. The van der Waals surface area contributed by atoms with Crippen molar-refractivity contribution in [3.05, 3.63) is 87.3 Å². The number of anilines is 1. The number of benzene rings is 2. The average Bonchev–Trinajstić information content (AvgIpc) is 3.36. The molecule has 8 nitrogen and oxygen atoms in total. The standard InChI is InChI=1S/C23H21ClFN5O3/c1-13-5-4-6-14(2)21(13)32-11-18-15(3)33-29-20(18)22(31)27-23-26-12-30(28-23)10-16-7-8-17(25)9-19(16)24/h4-9,12H,10-11H2,1-3H3,(H,27,28,31). The Hall–Kier alpha value is -3.72. The van der Waals surface area contributed by atoms with E-state index in [1.165, 1.54) is 23.1 Å². The molecule has 0 aliphatic heterocycles. The fraction of sp³-hybridized carbons (Fsp3) is 0.217. The van der Waals surface area contributed by atoms with E-state index in [9.17, 15) is 9.18 Å². The van der Waals surface area contributed by atoms with E-state index < -0.39 is 11.7 Å². The maximum absolute atomic E-state index is 13.2. The molecule has 2 aromatic heterocycles. The summed E-state index contributed by atoms with van der Waals surface area (Å²) < 4.78 is 25.9. The van der Waals surface area contributed by atoms with Gasteiger partial charge in [0.15, 0.2) is 5.69 Å². The minimum atomic E-state index is -0.524. The zero-order chi connectivity index (χ0) is 23.5. The molecule has 4 rings (SSSR count). The van der Waals surface area contributed by atoms with Crippen molar-refractivity contribution in [2.24, 2.45) is 0 Å². The van der Waals surface area contributed by atoms with Crippen LogP contribution in [0, 0.1) is 26.6 Å². The molecule has 1 N–H and O–H groups in total. The Morgan fingerprint density at radius 1 is 1.21 bits per heavy atom. The van der Waals surface area contributed by atoms with E-state index in [1.807, 2.05) is 32.0 Å². The Labute approximate surface area is 194 Å². The van der Waals surface area contributed by atoms with Crippen molar-refractivity contribution in [3.63, 3.8) is 0 Å². The number of nitrogens with zero attached hydrogens (tertiary/aromatic N) is 4. The number of para-hydroxylation sites is 1. The van der Waals surface area contributed by atoms with Crippen molar-refractivity contribution >= 4 is 23.5 Å². The third-order valence-electron chi connectivity index (χ3n) is 5.08.